The van der Waals surface area contributed by atoms with E-state index < -0.39 is 15.9 Å². The third-order valence-electron chi connectivity index (χ3n) is 4.85. The molecule has 2 aromatic rings. The zero-order chi connectivity index (χ0) is 21.7. The number of likely N-dealkylation sites (tertiary alicyclic amines) is 1. The number of halogens is 1. The van der Waals surface area contributed by atoms with Crippen LogP contribution in [-0.4, -0.2) is 44.8 Å². The number of hydrogen-bond acceptors (Lipinski definition) is 4. The number of carbonyl (C=O) groups excluding carboxylic acids is 2. The number of carbonyl (C=O) groups is 2. The first-order chi connectivity index (χ1) is 14.3. The number of sulfonamides is 1. The van der Waals surface area contributed by atoms with Crippen LogP contribution < -0.4 is 10.0 Å². The van der Waals surface area contributed by atoms with Crippen LogP contribution in [0.15, 0.2) is 47.4 Å². The molecule has 3 rings (SSSR count). The van der Waals surface area contributed by atoms with Gasteiger partial charge in [0.25, 0.3) is 15.9 Å². The molecule has 0 unspecified atom stereocenters. The summed E-state index contributed by atoms with van der Waals surface area (Å²) in [6, 6.07) is 10.9. The van der Waals surface area contributed by atoms with E-state index >= 15 is 0 Å². The van der Waals surface area contributed by atoms with Gasteiger partial charge in [0.05, 0.1) is 15.5 Å². The van der Waals surface area contributed by atoms with Gasteiger partial charge in [0.15, 0.2) is 0 Å². The number of benzene rings is 2. The summed E-state index contributed by atoms with van der Waals surface area (Å²) >= 11 is 6.12. The number of nitrogens with zero attached hydrogens (tertiary/aromatic N) is 1. The maximum Gasteiger partial charge on any atom is 0.261 e. The molecule has 1 aliphatic heterocycles. The molecular weight excluding hydrogens is 426 g/mol. The highest BCUT2D eigenvalue weighted by Crippen LogP contribution is 2.23. The van der Waals surface area contributed by atoms with E-state index in [0.29, 0.717) is 5.69 Å². The average molecular weight is 450 g/mol. The Balaban J connectivity index is 1.67. The molecule has 30 heavy (non-hydrogen) atoms. The Morgan fingerprint density at radius 2 is 1.83 bits per heavy atom. The van der Waals surface area contributed by atoms with Crippen molar-refractivity contribution >= 4 is 39.1 Å². The smallest absolute Gasteiger partial charge is 0.261 e. The lowest BCUT2D eigenvalue weighted by atomic mass is 10.2. The molecule has 0 saturated carbocycles. The van der Waals surface area contributed by atoms with Gasteiger partial charge in [-0.2, -0.15) is 0 Å². The molecule has 9 heteroatoms. The van der Waals surface area contributed by atoms with Crippen molar-refractivity contribution in [3.8, 4) is 0 Å². The largest absolute Gasteiger partial charge is 0.351 e. The third-order valence-corrected chi connectivity index (χ3v) is 6.55. The van der Waals surface area contributed by atoms with Crippen LogP contribution in [0, 0.1) is 6.92 Å². The Hall–Kier alpha value is -2.58. The number of aryl methyl sites for hydroxylation is 1. The van der Waals surface area contributed by atoms with E-state index in [1.165, 1.54) is 18.2 Å². The van der Waals surface area contributed by atoms with Gasteiger partial charge in [-0.05, 0) is 55.7 Å². The Kier molecular flexibility index (Phi) is 6.99. The van der Waals surface area contributed by atoms with Gasteiger partial charge in [0, 0.05) is 31.7 Å². The lowest BCUT2D eigenvalue weighted by molar-refractivity contribution is -0.129. The standard InChI is InChI=1S/C21H24ClN3O4S/c1-15-5-4-6-16(13-15)24-30(28,29)17-7-8-19(22)18(14-17)21(27)23-10-9-20(26)25-11-2-3-12-25/h4-8,13-14,24H,2-3,9-12H2,1H3,(H,23,27). The van der Waals surface area contributed by atoms with Gasteiger partial charge >= 0.3 is 0 Å². The first-order valence-corrected chi connectivity index (χ1v) is 11.6. The fourth-order valence-corrected chi connectivity index (χ4v) is 4.55. The Bertz CT molecular complexity index is 1050. The molecule has 0 spiro atoms. The lowest BCUT2D eigenvalue weighted by Gasteiger charge is -2.15. The first kappa shape index (κ1) is 22.1. The molecule has 7 nitrogen and oxygen atoms in total. The molecule has 0 bridgehead atoms. The second-order valence-corrected chi connectivity index (χ2v) is 9.30. The van der Waals surface area contributed by atoms with Gasteiger partial charge in [-0.1, -0.05) is 23.7 Å². The van der Waals surface area contributed by atoms with Crippen LogP contribution in [-0.2, 0) is 14.8 Å². The van der Waals surface area contributed by atoms with Gasteiger partial charge in [-0.25, -0.2) is 8.42 Å². The van der Waals surface area contributed by atoms with Crippen molar-refractivity contribution in [2.45, 2.75) is 31.1 Å². The van der Waals surface area contributed by atoms with Gasteiger partial charge in [-0.3, -0.25) is 14.3 Å². The quantitative estimate of drug-likeness (QED) is 0.678. The Morgan fingerprint density at radius 1 is 1.10 bits per heavy atom. The van der Waals surface area contributed by atoms with Gasteiger partial charge in [-0.15, -0.1) is 0 Å². The highest BCUT2D eigenvalue weighted by atomic mass is 35.5. The maximum absolute atomic E-state index is 12.7. The number of hydrogen-bond donors (Lipinski definition) is 2. The fourth-order valence-electron chi connectivity index (χ4n) is 3.27. The van der Waals surface area contributed by atoms with E-state index in [4.69, 9.17) is 11.6 Å². The normalized spacial score (nSPS) is 13.9. The first-order valence-electron chi connectivity index (χ1n) is 9.71. The molecule has 1 aliphatic rings. The molecule has 2 aromatic carbocycles. The molecular formula is C21H24ClN3O4S. The molecule has 160 valence electrons. The monoisotopic (exact) mass is 449 g/mol. The van der Waals surface area contributed by atoms with Crippen LogP contribution >= 0.6 is 11.6 Å². The summed E-state index contributed by atoms with van der Waals surface area (Å²) in [5.41, 5.74) is 1.38. The predicted octanol–water partition coefficient (Wildman–Crippen LogP) is 3.19. The SMILES string of the molecule is Cc1cccc(NS(=O)(=O)c2ccc(Cl)c(C(=O)NCCC(=O)N3CCCC3)c2)c1. The zero-order valence-electron chi connectivity index (χ0n) is 16.7. The highest BCUT2D eigenvalue weighted by Gasteiger charge is 2.20. The molecule has 1 heterocycles. The average Bonchev–Trinajstić information content (AvgIpc) is 3.22. The lowest BCUT2D eigenvalue weighted by Crippen LogP contribution is -2.32. The maximum atomic E-state index is 12.7. The van der Waals surface area contributed by atoms with Crippen LogP contribution in [0.1, 0.15) is 35.2 Å². The van der Waals surface area contributed by atoms with Gasteiger partial charge in [0.1, 0.15) is 0 Å². The summed E-state index contributed by atoms with van der Waals surface area (Å²) in [5, 5.41) is 2.78. The highest BCUT2D eigenvalue weighted by molar-refractivity contribution is 7.92. The number of anilines is 1. The number of amides is 2. The van der Waals surface area contributed by atoms with E-state index in [9.17, 15) is 18.0 Å². The third kappa shape index (κ3) is 5.52. The molecule has 2 N–H and O–H groups in total. The molecule has 2 amide bonds. The van der Waals surface area contributed by atoms with Crippen LogP contribution in [0.2, 0.25) is 5.02 Å². The molecule has 0 aromatic heterocycles. The van der Waals surface area contributed by atoms with E-state index in [1.54, 1.807) is 23.1 Å². The summed E-state index contributed by atoms with van der Waals surface area (Å²) in [7, 11) is -3.90. The summed E-state index contributed by atoms with van der Waals surface area (Å²) in [6.45, 7) is 3.53. The summed E-state index contributed by atoms with van der Waals surface area (Å²) < 4.78 is 27.9. The van der Waals surface area contributed by atoms with Gasteiger partial charge in [0.2, 0.25) is 5.91 Å². The van der Waals surface area contributed by atoms with E-state index in [-0.39, 0.29) is 34.4 Å². The molecule has 1 fully saturated rings. The predicted molar refractivity (Wildman–Crippen MR) is 116 cm³/mol. The second-order valence-electron chi connectivity index (χ2n) is 7.21. The van der Waals surface area contributed by atoms with Crippen molar-refractivity contribution < 1.29 is 18.0 Å². The summed E-state index contributed by atoms with van der Waals surface area (Å²) in [4.78, 5) is 26.3. The summed E-state index contributed by atoms with van der Waals surface area (Å²) in [5.74, 6) is -0.528. The minimum absolute atomic E-state index is 0.00224. The van der Waals surface area contributed by atoms with Crippen molar-refractivity contribution in [2.75, 3.05) is 24.4 Å². The van der Waals surface area contributed by atoms with Crippen LogP contribution in [0.3, 0.4) is 0 Å². The van der Waals surface area contributed by atoms with Crippen LogP contribution in [0.5, 0.6) is 0 Å². The number of rotatable bonds is 7. The van der Waals surface area contributed by atoms with Crippen LogP contribution in [0.4, 0.5) is 5.69 Å². The van der Waals surface area contributed by atoms with Crippen molar-refractivity contribution in [1.82, 2.24) is 10.2 Å². The fraction of sp³-hybridized carbons (Fsp3) is 0.333. The molecule has 1 saturated heterocycles. The Labute approximate surface area is 181 Å². The second kappa shape index (κ2) is 9.49. The molecule has 0 radical (unpaired) electrons. The van der Waals surface area contributed by atoms with Crippen molar-refractivity contribution in [3.05, 3.63) is 58.6 Å². The van der Waals surface area contributed by atoms with Gasteiger partial charge < -0.3 is 10.2 Å². The van der Waals surface area contributed by atoms with E-state index in [1.807, 2.05) is 13.0 Å². The van der Waals surface area contributed by atoms with Crippen molar-refractivity contribution in [1.29, 1.82) is 0 Å². The zero-order valence-corrected chi connectivity index (χ0v) is 18.2. The minimum atomic E-state index is -3.90. The molecule has 0 atom stereocenters. The van der Waals surface area contributed by atoms with Crippen molar-refractivity contribution in [3.63, 3.8) is 0 Å². The topological polar surface area (TPSA) is 95.6 Å². The van der Waals surface area contributed by atoms with E-state index in [0.717, 1.165) is 31.5 Å². The summed E-state index contributed by atoms with van der Waals surface area (Å²) in [6.07, 6.45) is 2.20. The Morgan fingerprint density at radius 3 is 2.53 bits per heavy atom. The molecule has 0 aliphatic carbocycles. The van der Waals surface area contributed by atoms with Crippen molar-refractivity contribution in [2.24, 2.45) is 0 Å². The minimum Gasteiger partial charge on any atom is -0.351 e. The number of nitrogens with one attached hydrogen (secondary N) is 2. The van der Waals surface area contributed by atoms with Crippen LogP contribution in [0.25, 0.3) is 0 Å². The van der Waals surface area contributed by atoms with E-state index in [2.05, 4.69) is 10.0 Å².